The zero-order valence-electron chi connectivity index (χ0n) is 18.6. The van der Waals surface area contributed by atoms with Gasteiger partial charge in [0.05, 0.1) is 13.2 Å². The van der Waals surface area contributed by atoms with E-state index in [2.05, 4.69) is 10.2 Å². The topological polar surface area (TPSA) is 61.9 Å². The quantitative estimate of drug-likeness (QED) is 0.595. The van der Waals surface area contributed by atoms with E-state index in [1.807, 2.05) is 42.5 Å². The molecule has 7 heteroatoms. The Morgan fingerprint density at radius 2 is 1.75 bits per heavy atom. The molecule has 0 bridgehead atoms. The lowest BCUT2D eigenvalue weighted by Gasteiger charge is -2.30. The smallest absolute Gasteiger partial charge is 0.242 e. The number of halogens is 1. The van der Waals surface area contributed by atoms with Crippen LogP contribution in [0.1, 0.15) is 24.5 Å². The minimum Gasteiger partial charge on any atom is -0.379 e. The zero-order chi connectivity index (χ0) is 22.8. The Hall–Kier alpha value is -2.41. The number of nitrogens with one attached hydrogen (secondary N) is 1. The number of benzene rings is 2. The van der Waals surface area contributed by atoms with E-state index in [4.69, 9.17) is 16.3 Å². The van der Waals surface area contributed by atoms with Crippen LogP contribution < -0.4 is 5.32 Å². The number of rotatable bonds is 10. The van der Waals surface area contributed by atoms with Crippen LogP contribution in [0.15, 0.2) is 54.6 Å². The van der Waals surface area contributed by atoms with Gasteiger partial charge < -0.3 is 15.0 Å². The lowest BCUT2D eigenvalue weighted by Crippen LogP contribution is -2.49. The van der Waals surface area contributed by atoms with Gasteiger partial charge in [-0.15, -0.1) is 0 Å². The van der Waals surface area contributed by atoms with Gasteiger partial charge >= 0.3 is 0 Å². The molecule has 1 saturated heterocycles. The molecule has 0 aliphatic carbocycles. The molecule has 6 nitrogen and oxygen atoms in total. The second-order valence-electron chi connectivity index (χ2n) is 8.05. The largest absolute Gasteiger partial charge is 0.379 e. The van der Waals surface area contributed by atoms with Gasteiger partial charge in [0, 0.05) is 44.2 Å². The molecule has 0 aromatic heterocycles. The molecule has 1 fully saturated rings. The lowest BCUT2D eigenvalue weighted by molar-refractivity contribution is -0.140. The summed E-state index contributed by atoms with van der Waals surface area (Å²) >= 11 is 6.01. The highest BCUT2D eigenvalue weighted by atomic mass is 35.5. The van der Waals surface area contributed by atoms with Crippen molar-refractivity contribution >= 4 is 23.4 Å². The maximum atomic E-state index is 13.2. The summed E-state index contributed by atoms with van der Waals surface area (Å²) in [5.74, 6) is -0.181. The molecule has 0 saturated carbocycles. The van der Waals surface area contributed by atoms with Gasteiger partial charge in [0.2, 0.25) is 11.8 Å². The van der Waals surface area contributed by atoms with Crippen molar-refractivity contribution in [2.75, 3.05) is 39.4 Å². The number of carbonyl (C=O) groups is 2. The van der Waals surface area contributed by atoms with E-state index in [0.29, 0.717) is 31.0 Å². The standard InChI is InChI=1S/C25H32ClN3O3/c1-20(25(31)27-13-14-28-15-17-32-18-16-28)29(19-22-7-10-23(26)11-8-22)24(30)12-9-21-5-3-2-4-6-21/h2-8,10-11,20H,9,12-19H2,1H3,(H,27,31)/t20-/m1/s1. The highest BCUT2D eigenvalue weighted by Crippen LogP contribution is 2.15. The van der Waals surface area contributed by atoms with Gasteiger partial charge in [-0.1, -0.05) is 54.1 Å². The zero-order valence-corrected chi connectivity index (χ0v) is 19.4. The fourth-order valence-electron chi connectivity index (χ4n) is 3.72. The van der Waals surface area contributed by atoms with E-state index in [-0.39, 0.29) is 11.8 Å². The van der Waals surface area contributed by atoms with Crippen molar-refractivity contribution in [3.63, 3.8) is 0 Å². The summed E-state index contributed by atoms with van der Waals surface area (Å²) in [4.78, 5) is 30.0. The monoisotopic (exact) mass is 457 g/mol. The second-order valence-corrected chi connectivity index (χ2v) is 8.49. The van der Waals surface area contributed by atoms with Gasteiger partial charge in [-0.3, -0.25) is 14.5 Å². The summed E-state index contributed by atoms with van der Waals surface area (Å²) < 4.78 is 5.36. The molecular formula is C25H32ClN3O3. The minimum absolute atomic E-state index is 0.0420. The predicted molar refractivity (Wildman–Crippen MR) is 126 cm³/mol. The van der Waals surface area contributed by atoms with E-state index in [1.165, 1.54) is 0 Å². The van der Waals surface area contributed by atoms with Gasteiger partial charge in [0.25, 0.3) is 0 Å². The summed E-state index contributed by atoms with van der Waals surface area (Å²) in [5, 5.41) is 3.64. The Bertz CT molecular complexity index is 854. The number of aryl methyl sites for hydroxylation is 1. The average Bonchev–Trinajstić information content (AvgIpc) is 2.83. The van der Waals surface area contributed by atoms with Crippen LogP contribution in [0, 0.1) is 0 Å². The van der Waals surface area contributed by atoms with Crippen LogP contribution in [0.25, 0.3) is 0 Å². The average molecular weight is 458 g/mol. The molecule has 2 aromatic rings. The summed E-state index contributed by atoms with van der Waals surface area (Å²) in [6.07, 6.45) is 0.991. The van der Waals surface area contributed by atoms with Crippen molar-refractivity contribution in [3.8, 4) is 0 Å². The van der Waals surface area contributed by atoms with Gasteiger partial charge in [-0.25, -0.2) is 0 Å². The highest BCUT2D eigenvalue weighted by Gasteiger charge is 2.26. The van der Waals surface area contributed by atoms with E-state index >= 15 is 0 Å². The van der Waals surface area contributed by atoms with Crippen LogP contribution in [-0.4, -0.2) is 67.0 Å². The van der Waals surface area contributed by atoms with Gasteiger partial charge in [0.1, 0.15) is 6.04 Å². The highest BCUT2D eigenvalue weighted by molar-refractivity contribution is 6.30. The number of amides is 2. The Morgan fingerprint density at radius 3 is 2.44 bits per heavy atom. The third kappa shape index (κ3) is 7.62. The molecule has 172 valence electrons. The molecule has 1 heterocycles. The van der Waals surface area contributed by atoms with Gasteiger partial charge in [0.15, 0.2) is 0 Å². The van der Waals surface area contributed by atoms with Crippen molar-refractivity contribution < 1.29 is 14.3 Å². The fourth-order valence-corrected chi connectivity index (χ4v) is 3.84. The maximum absolute atomic E-state index is 13.2. The van der Waals surface area contributed by atoms with Crippen LogP contribution >= 0.6 is 11.6 Å². The molecule has 0 radical (unpaired) electrons. The van der Waals surface area contributed by atoms with E-state index in [9.17, 15) is 9.59 Å². The first-order chi connectivity index (χ1) is 15.5. The van der Waals surface area contributed by atoms with E-state index in [0.717, 1.165) is 44.0 Å². The maximum Gasteiger partial charge on any atom is 0.242 e. The number of hydrogen-bond donors (Lipinski definition) is 1. The number of carbonyl (C=O) groups excluding carboxylic acids is 2. The predicted octanol–water partition coefficient (Wildman–Crippen LogP) is 3.14. The Balaban J connectivity index is 1.60. The summed E-state index contributed by atoms with van der Waals surface area (Å²) in [7, 11) is 0. The molecule has 1 aliphatic rings. The molecule has 1 aliphatic heterocycles. The summed E-state index contributed by atoms with van der Waals surface area (Å²) in [5.41, 5.74) is 2.05. The van der Waals surface area contributed by atoms with Crippen molar-refractivity contribution in [1.82, 2.24) is 15.1 Å². The van der Waals surface area contributed by atoms with Crippen molar-refractivity contribution in [3.05, 3.63) is 70.7 Å². The molecule has 2 amide bonds. The van der Waals surface area contributed by atoms with Crippen LogP contribution in [0.3, 0.4) is 0 Å². The van der Waals surface area contributed by atoms with Gasteiger partial charge in [-0.2, -0.15) is 0 Å². The number of hydrogen-bond acceptors (Lipinski definition) is 4. The normalized spacial score (nSPS) is 15.2. The molecule has 0 unspecified atom stereocenters. The van der Waals surface area contributed by atoms with Crippen LogP contribution in [-0.2, 0) is 27.3 Å². The molecule has 1 N–H and O–H groups in total. The molecule has 32 heavy (non-hydrogen) atoms. The Kier molecular flexibility index (Phi) is 9.53. The van der Waals surface area contributed by atoms with Crippen LogP contribution in [0.4, 0.5) is 0 Å². The molecular weight excluding hydrogens is 426 g/mol. The first-order valence-electron chi connectivity index (χ1n) is 11.2. The van der Waals surface area contributed by atoms with Crippen LogP contribution in [0.2, 0.25) is 5.02 Å². The van der Waals surface area contributed by atoms with Crippen molar-refractivity contribution in [2.24, 2.45) is 0 Å². The Labute approximate surface area is 195 Å². The minimum atomic E-state index is -0.571. The van der Waals surface area contributed by atoms with E-state index < -0.39 is 6.04 Å². The number of morpholine rings is 1. The second kappa shape index (κ2) is 12.6. The molecule has 3 rings (SSSR count). The first-order valence-corrected chi connectivity index (χ1v) is 11.6. The first kappa shape index (κ1) is 24.2. The van der Waals surface area contributed by atoms with Crippen LogP contribution in [0.5, 0.6) is 0 Å². The Morgan fingerprint density at radius 1 is 1.06 bits per heavy atom. The fraction of sp³-hybridized carbons (Fsp3) is 0.440. The third-order valence-corrected chi connectivity index (χ3v) is 5.99. The summed E-state index contributed by atoms with van der Waals surface area (Å²) in [6.45, 7) is 6.71. The number of ether oxygens (including phenoxy) is 1. The number of nitrogens with zero attached hydrogens (tertiary/aromatic N) is 2. The lowest BCUT2D eigenvalue weighted by atomic mass is 10.1. The molecule has 0 spiro atoms. The SMILES string of the molecule is C[C@H](C(=O)NCCN1CCOCC1)N(Cc1ccc(Cl)cc1)C(=O)CCc1ccccc1. The van der Waals surface area contributed by atoms with Crippen molar-refractivity contribution in [2.45, 2.75) is 32.4 Å². The molecule has 1 atom stereocenters. The van der Waals surface area contributed by atoms with Gasteiger partial charge in [-0.05, 0) is 36.6 Å². The van der Waals surface area contributed by atoms with E-state index in [1.54, 1.807) is 24.0 Å². The van der Waals surface area contributed by atoms with Crippen molar-refractivity contribution in [1.29, 1.82) is 0 Å². The third-order valence-electron chi connectivity index (χ3n) is 5.73. The molecule has 2 aromatic carbocycles. The summed E-state index contributed by atoms with van der Waals surface area (Å²) in [6, 6.07) is 16.7.